The zero-order valence-electron chi connectivity index (χ0n) is 14.3. The van der Waals surface area contributed by atoms with Gasteiger partial charge in [0.25, 0.3) is 0 Å². The predicted molar refractivity (Wildman–Crippen MR) is 96.8 cm³/mol. The molecule has 0 radical (unpaired) electrons. The van der Waals surface area contributed by atoms with Gasteiger partial charge in [-0.2, -0.15) is 0 Å². The molecule has 126 valence electrons. The zero-order valence-corrected chi connectivity index (χ0v) is 14.3. The second-order valence-electron chi connectivity index (χ2n) is 8.43. The predicted octanol–water partition coefficient (Wildman–Crippen LogP) is 4.49. The molecule has 0 N–H and O–H groups in total. The lowest BCUT2D eigenvalue weighted by atomic mass is 9.54. The maximum atomic E-state index is 4.47. The zero-order chi connectivity index (χ0) is 16.4. The van der Waals surface area contributed by atoms with Crippen molar-refractivity contribution in [1.29, 1.82) is 0 Å². The largest absolute Gasteiger partial charge is 0.222 e. The van der Waals surface area contributed by atoms with Gasteiger partial charge in [0.1, 0.15) is 0 Å². The first-order valence-electron chi connectivity index (χ1n) is 9.62. The molecule has 1 heterocycles. The third-order valence-corrected chi connectivity index (χ3v) is 6.96. The Morgan fingerprint density at radius 1 is 0.800 bits per heavy atom. The molecule has 4 nitrogen and oxygen atoms in total. The first-order chi connectivity index (χ1) is 12.3. The highest BCUT2D eigenvalue weighted by atomic mass is 15.6. The molecule has 4 heteroatoms. The Kier molecular flexibility index (Phi) is 2.87. The monoisotopic (exact) mass is 330 g/mol. The molecule has 3 aromatic rings. The maximum Gasteiger partial charge on any atom is 0.182 e. The molecule has 25 heavy (non-hydrogen) atoms. The number of tetrazole rings is 1. The molecule has 0 aliphatic heterocycles. The summed E-state index contributed by atoms with van der Waals surface area (Å²) in [6.07, 6.45) is 7.01. The summed E-state index contributed by atoms with van der Waals surface area (Å²) in [7, 11) is 0. The van der Waals surface area contributed by atoms with Crippen molar-refractivity contribution in [2.45, 2.75) is 38.1 Å². The summed E-state index contributed by atoms with van der Waals surface area (Å²) in [5, 5.41) is 15.5. The van der Waals surface area contributed by atoms with Gasteiger partial charge in [0.15, 0.2) is 5.82 Å². The SMILES string of the molecule is c1ccc2cc(-c3nnnn3C3C4CC5CC(C4)CC3C5)ccc2c1. The fourth-order valence-corrected chi connectivity index (χ4v) is 6.21. The minimum Gasteiger partial charge on any atom is -0.222 e. The van der Waals surface area contributed by atoms with Crippen LogP contribution in [-0.4, -0.2) is 20.2 Å². The minimum absolute atomic E-state index is 0.504. The molecule has 0 saturated heterocycles. The molecular weight excluding hydrogens is 308 g/mol. The number of hydrogen-bond acceptors (Lipinski definition) is 3. The van der Waals surface area contributed by atoms with E-state index in [1.165, 1.54) is 42.9 Å². The standard InChI is InChI=1S/C21H22N4/c1-2-4-16-12-17(6-5-15(16)3-1)21-22-23-24-25(21)20-18-8-13-7-14(10-18)11-19(20)9-13/h1-6,12-14,18-20H,7-11H2. The van der Waals surface area contributed by atoms with E-state index in [0.717, 1.165) is 35.1 Å². The minimum atomic E-state index is 0.504. The maximum absolute atomic E-state index is 4.47. The van der Waals surface area contributed by atoms with Crippen LogP contribution in [0, 0.1) is 23.7 Å². The van der Waals surface area contributed by atoms with Crippen molar-refractivity contribution >= 4 is 10.8 Å². The quantitative estimate of drug-likeness (QED) is 0.695. The number of aromatic nitrogens is 4. The van der Waals surface area contributed by atoms with E-state index in [1.807, 2.05) is 0 Å². The van der Waals surface area contributed by atoms with Crippen LogP contribution >= 0.6 is 0 Å². The molecule has 1 aromatic heterocycles. The molecule has 4 saturated carbocycles. The lowest BCUT2D eigenvalue weighted by Gasteiger charge is -2.54. The van der Waals surface area contributed by atoms with Gasteiger partial charge < -0.3 is 0 Å². The van der Waals surface area contributed by atoms with E-state index in [1.54, 1.807) is 0 Å². The summed E-state index contributed by atoms with van der Waals surface area (Å²) in [5.41, 5.74) is 1.14. The Bertz CT molecular complexity index is 916. The molecule has 7 rings (SSSR count). The van der Waals surface area contributed by atoms with E-state index in [9.17, 15) is 0 Å². The number of hydrogen-bond donors (Lipinski definition) is 0. The summed E-state index contributed by atoms with van der Waals surface area (Å²) in [4.78, 5) is 0. The summed E-state index contributed by atoms with van der Waals surface area (Å²) < 4.78 is 2.18. The average molecular weight is 330 g/mol. The molecule has 0 atom stereocenters. The second-order valence-corrected chi connectivity index (χ2v) is 8.43. The first-order valence-corrected chi connectivity index (χ1v) is 9.62. The summed E-state index contributed by atoms with van der Waals surface area (Å²) in [6, 6.07) is 15.6. The first kappa shape index (κ1) is 14.0. The van der Waals surface area contributed by atoms with Gasteiger partial charge in [0.2, 0.25) is 0 Å². The van der Waals surface area contributed by atoms with E-state index >= 15 is 0 Å². The molecule has 4 aliphatic carbocycles. The summed E-state index contributed by atoms with van der Waals surface area (Å²) >= 11 is 0. The normalized spacial score (nSPS) is 33.2. The van der Waals surface area contributed by atoms with Crippen LogP contribution in [-0.2, 0) is 0 Å². The van der Waals surface area contributed by atoms with Crippen molar-refractivity contribution < 1.29 is 0 Å². The van der Waals surface area contributed by atoms with Crippen LogP contribution in [0.4, 0.5) is 0 Å². The highest BCUT2D eigenvalue weighted by Crippen LogP contribution is 2.58. The van der Waals surface area contributed by atoms with Gasteiger partial charge in [0, 0.05) is 5.56 Å². The van der Waals surface area contributed by atoms with Crippen LogP contribution in [0.25, 0.3) is 22.2 Å². The van der Waals surface area contributed by atoms with Crippen LogP contribution < -0.4 is 0 Å². The Hall–Kier alpha value is -2.23. The van der Waals surface area contributed by atoms with Crippen LogP contribution in [0.15, 0.2) is 42.5 Å². The Labute approximate surface area is 147 Å². The Morgan fingerprint density at radius 2 is 1.52 bits per heavy atom. The average Bonchev–Trinajstić information content (AvgIpc) is 3.10. The highest BCUT2D eigenvalue weighted by Gasteiger charge is 2.50. The molecule has 0 amide bonds. The third-order valence-electron chi connectivity index (χ3n) is 6.96. The Balaban J connectivity index is 1.43. The van der Waals surface area contributed by atoms with Crippen LogP contribution in [0.3, 0.4) is 0 Å². The van der Waals surface area contributed by atoms with E-state index in [2.05, 4.69) is 62.7 Å². The number of fused-ring (bicyclic) bond motifs is 1. The van der Waals surface area contributed by atoms with Gasteiger partial charge in [-0.15, -0.1) is 5.10 Å². The molecular formula is C21H22N4. The topological polar surface area (TPSA) is 43.6 Å². The number of rotatable bonds is 2. The van der Waals surface area contributed by atoms with Gasteiger partial charge >= 0.3 is 0 Å². The lowest BCUT2D eigenvalue weighted by Crippen LogP contribution is -2.46. The van der Waals surface area contributed by atoms with E-state index in [0.29, 0.717) is 6.04 Å². The van der Waals surface area contributed by atoms with Crippen LogP contribution in [0.5, 0.6) is 0 Å². The van der Waals surface area contributed by atoms with Crippen molar-refractivity contribution in [3.8, 4) is 11.4 Å². The Morgan fingerprint density at radius 3 is 2.28 bits per heavy atom. The summed E-state index contributed by atoms with van der Waals surface area (Å²) in [6.45, 7) is 0. The smallest absolute Gasteiger partial charge is 0.182 e. The molecule has 0 unspecified atom stereocenters. The van der Waals surface area contributed by atoms with Gasteiger partial charge in [-0.3, -0.25) is 0 Å². The van der Waals surface area contributed by atoms with Crippen molar-refractivity contribution in [2.75, 3.05) is 0 Å². The van der Waals surface area contributed by atoms with Gasteiger partial charge in [-0.05, 0) is 83.0 Å². The van der Waals surface area contributed by atoms with Crippen molar-refractivity contribution in [2.24, 2.45) is 23.7 Å². The molecule has 4 bridgehead atoms. The number of nitrogens with zero attached hydrogens (tertiary/aromatic N) is 4. The highest BCUT2D eigenvalue weighted by molar-refractivity contribution is 5.86. The second kappa shape index (κ2) is 5.13. The lowest BCUT2D eigenvalue weighted by molar-refractivity contribution is -0.0336. The third kappa shape index (κ3) is 2.09. The van der Waals surface area contributed by atoms with E-state index < -0.39 is 0 Å². The van der Waals surface area contributed by atoms with Gasteiger partial charge in [-0.25, -0.2) is 4.68 Å². The fourth-order valence-electron chi connectivity index (χ4n) is 6.21. The van der Waals surface area contributed by atoms with Gasteiger partial charge in [0.05, 0.1) is 6.04 Å². The van der Waals surface area contributed by atoms with Crippen LogP contribution in [0.1, 0.15) is 38.1 Å². The molecule has 0 spiro atoms. The molecule has 4 aliphatic rings. The molecule has 4 fully saturated rings. The van der Waals surface area contributed by atoms with E-state index in [-0.39, 0.29) is 0 Å². The van der Waals surface area contributed by atoms with Crippen molar-refractivity contribution in [1.82, 2.24) is 20.2 Å². The van der Waals surface area contributed by atoms with Crippen molar-refractivity contribution in [3.63, 3.8) is 0 Å². The number of benzene rings is 2. The summed E-state index contributed by atoms with van der Waals surface area (Å²) in [5.74, 6) is 4.44. The van der Waals surface area contributed by atoms with E-state index in [4.69, 9.17) is 0 Å². The van der Waals surface area contributed by atoms with Gasteiger partial charge in [-0.1, -0.05) is 36.4 Å². The van der Waals surface area contributed by atoms with Crippen molar-refractivity contribution in [3.05, 3.63) is 42.5 Å². The molecule has 2 aromatic carbocycles. The fraction of sp³-hybridized carbons (Fsp3) is 0.476. The van der Waals surface area contributed by atoms with Crippen LogP contribution in [0.2, 0.25) is 0 Å².